The molecule has 3 heteroatoms. The number of nitrogens with zero attached hydrogens (tertiary/aromatic N) is 1. The van der Waals surface area contributed by atoms with Gasteiger partial charge >= 0.3 is 0 Å². The number of halogens is 1. The van der Waals surface area contributed by atoms with Crippen molar-refractivity contribution in [1.82, 2.24) is 4.90 Å². The zero-order valence-electron chi connectivity index (χ0n) is 14.6. The average Bonchev–Trinajstić information content (AvgIpc) is 3.18. The van der Waals surface area contributed by atoms with Crippen molar-refractivity contribution in [2.45, 2.75) is 38.5 Å². The first-order valence-corrected chi connectivity index (χ1v) is 9.25. The second kappa shape index (κ2) is 7.25. The van der Waals surface area contributed by atoms with Crippen LogP contribution in [0.15, 0.2) is 41.5 Å². The third-order valence-electron chi connectivity index (χ3n) is 5.42. The molecule has 0 aliphatic heterocycles. The zero-order chi connectivity index (χ0) is 17.2. The van der Waals surface area contributed by atoms with Gasteiger partial charge in [0.15, 0.2) is 5.78 Å². The maximum absolute atomic E-state index is 13.4. The molecule has 0 spiro atoms. The van der Waals surface area contributed by atoms with Gasteiger partial charge in [0.05, 0.1) is 5.41 Å². The van der Waals surface area contributed by atoms with Crippen LogP contribution in [0.1, 0.15) is 44.1 Å². The van der Waals surface area contributed by atoms with Gasteiger partial charge in [-0.1, -0.05) is 41.4 Å². The predicted molar refractivity (Wildman–Crippen MR) is 101 cm³/mol. The van der Waals surface area contributed by atoms with Gasteiger partial charge in [0.2, 0.25) is 0 Å². The lowest BCUT2D eigenvalue weighted by Gasteiger charge is -2.30. The molecule has 1 aromatic carbocycles. The van der Waals surface area contributed by atoms with Crippen LogP contribution >= 0.6 is 11.6 Å². The summed E-state index contributed by atoms with van der Waals surface area (Å²) in [6.45, 7) is 0.947. The van der Waals surface area contributed by atoms with Gasteiger partial charge in [0.1, 0.15) is 0 Å². The summed E-state index contributed by atoms with van der Waals surface area (Å²) in [6.07, 6.45) is 10.5. The second-order valence-corrected chi connectivity index (χ2v) is 7.68. The standard InChI is InChI=1S/C21H26ClNO/c1-23(2)14-13-21(18-8-4-5-9-18)12-11-17(20(21)24)15-16-7-3-6-10-19(16)22/h3,6-8,10,15H,4-5,9,11-14H2,1-2H3/b17-15+. The van der Waals surface area contributed by atoms with E-state index < -0.39 is 0 Å². The van der Waals surface area contributed by atoms with Crippen LogP contribution in [-0.4, -0.2) is 31.3 Å². The van der Waals surface area contributed by atoms with Gasteiger partial charge in [-0.2, -0.15) is 0 Å². The molecule has 2 aliphatic rings. The van der Waals surface area contributed by atoms with Crippen molar-refractivity contribution in [3.05, 3.63) is 52.1 Å². The van der Waals surface area contributed by atoms with E-state index in [9.17, 15) is 4.79 Å². The maximum atomic E-state index is 13.4. The fraction of sp³-hybridized carbons (Fsp3) is 0.476. The first-order valence-electron chi connectivity index (χ1n) is 8.87. The van der Waals surface area contributed by atoms with E-state index in [1.807, 2.05) is 30.3 Å². The van der Waals surface area contributed by atoms with E-state index in [1.165, 1.54) is 12.0 Å². The van der Waals surface area contributed by atoms with Gasteiger partial charge in [-0.15, -0.1) is 0 Å². The van der Waals surface area contributed by atoms with E-state index in [0.717, 1.165) is 49.8 Å². The highest BCUT2D eigenvalue weighted by Crippen LogP contribution is 2.50. The third-order valence-corrected chi connectivity index (χ3v) is 5.77. The molecule has 0 amide bonds. The van der Waals surface area contributed by atoms with Crippen LogP contribution in [0, 0.1) is 5.41 Å². The summed E-state index contributed by atoms with van der Waals surface area (Å²) < 4.78 is 0. The Morgan fingerprint density at radius 2 is 2.04 bits per heavy atom. The second-order valence-electron chi connectivity index (χ2n) is 7.28. The Bertz CT molecular complexity index is 689. The van der Waals surface area contributed by atoms with Crippen molar-refractivity contribution in [3.63, 3.8) is 0 Å². The Morgan fingerprint density at radius 1 is 1.25 bits per heavy atom. The van der Waals surface area contributed by atoms with Crippen LogP contribution in [0.4, 0.5) is 0 Å². The summed E-state index contributed by atoms with van der Waals surface area (Å²) in [5, 5.41) is 0.712. The Balaban J connectivity index is 1.92. The van der Waals surface area contributed by atoms with Crippen LogP contribution in [0.5, 0.6) is 0 Å². The molecule has 2 nitrogen and oxygen atoms in total. The number of rotatable bonds is 5. The largest absolute Gasteiger partial charge is 0.309 e. The zero-order valence-corrected chi connectivity index (χ0v) is 15.4. The molecule has 0 saturated heterocycles. The van der Waals surface area contributed by atoms with Crippen molar-refractivity contribution >= 4 is 23.5 Å². The number of Topliss-reactive ketones (excluding diaryl/α,β-unsaturated/α-hetero) is 1. The van der Waals surface area contributed by atoms with E-state index in [4.69, 9.17) is 11.6 Å². The van der Waals surface area contributed by atoms with Crippen LogP contribution in [-0.2, 0) is 4.79 Å². The molecule has 1 saturated carbocycles. The minimum Gasteiger partial charge on any atom is -0.309 e. The number of allylic oxidation sites excluding steroid dienone is 3. The fourth-order valence-electron chi connectivity index (χ4n) is 4.03. The molecule has 2 aliphatic carbocycles. The van der Waals surface area contributed by atoms with Crippen molar-refractivity contribution < 1.29 is 4.79 Å². The van der Waals surface area contributed by atoms with Crippen LogP contribution in [0.2, 0.25) is 5.02 Å². The van der Waals surface area contributed by atoms with E-state index in [2.05, 4.69) is 25.1 Å². The summed E-state index contributed by atoms with van der Waals surface area (Å²) in [5.41, 5.74) is 3.01. The van der Waals surface area contributed by atoms with Crippen LogP contribution < -0.4 is 0 Å². The highest BCUT2D eigenvalue weighted by atomic mass is 35.5. The SMILES string of the molecule is CN(C)CCC1(C2=CCCC2)CC/C(=C\c2ccccc2Cl)C1=O. The van der Waals surface area contributed by atoms with Gasteiger partial charge < -0.3 is 4.90 Å². The average molecular weight is 344 g/mol. The number of ketones is 1. The van der Waals surface area contributed by atoms with E-state index >= 15 is 0 Å². The fourth-order valence-corrected chi connectivity index (χ4v) is 4.22. The lowest BCUT2D eigenvalue weighted by atomic mass is 9.74. The molecule has 1 fully saturated rings. The smallest absolute Gasteiger partial charge is 0.169 e. The number of benzene rings is 1. The van der Waals surface area contributed by atoms with E-state index in [1.54, 1.807) is 0 Å². The molecular formula is C21H26ClNO. The summed E-state index contributed by atoms with van der Waals surface area (Å²) in [5.74, 6) is 0.331. The first kappa shape index (κ1) is 17.4. The number of hydrogen-bond acceptors (Lipinski definition) is 2. The van der Waals surface area contributed by atoms with Gasteiger partial charge in [-0.05, 0) is 82.4 Å². The van der Waals surface area contributed by atoms with Crippen molar-refractivity contribution in [3.8, 4) is 0 Å². The minimum absolute atomic E-state index is 0.270. The first-order chi connectivity index (χ1) is 11.5. The predicted octanol–water partition coefficient (Wildman–Crippen LogP) is 5.13. The lowest BCUT2D eigenvalue weighted by Crippen LogP contribution is -2.32. The number of carbonyl (C=O) groups is 1. The molecule has 3 rings (SSSR count). The van der Waals surface area contributed by atoms with Crippen LogP contribution in [0.3, 0.4) is 0 Å². The van der Waals surface area contributed by atoms with E-state index in [0.29, 0.717) is 10.8 Å². The monoisotopic (exact) mass is 343 g/mol. The number of hydrogen-bond donors (Lipinski definition) is 0. The molecule has 0 heterocycles. The van der Waals surface area contributed by atoms with E-state index in [-0.39, 0.29) is 5.41 Å². The van der Waals surface area contributed by atoms with Crippen molar-refractivity contribution in [2.75, 3.05) is 20.6 Å². The maximum Gasteiger partial charge on any atom is 0.169 e. The summed E-state index contributed by atoms with van der Waals surface area (Å²) in [7, 11) is 4.16. The van der Waals surface area contributed by atoms with Crippen molar-refractivity contribution in [2.24, 2.45) is 5.41 Å². The minimum atomic E-state index is -0.270. The Kier molecular flexibility index (Phi) is 5.27. The number of carbonyl (C=O) groups excluding carboxylic acids is 1. The Labute approximate surface area is 150 Å². The topological polar surface area (TPSA) is 20.3 Å². The van der Waals surface area contributed by atoms with Gasteiger partial charge in [-0.3, -0.25) is 4.79 Å². The van der Waals surface area contributed by atoms with Crippen molar-refractivity contribution in [1.29, 1.82) is 0 Å². The molecule has 0 radical (unpaired) electrons. The Hall–Kier alpha value is -1.38. The normalized spacial score (nSPS) is 25.8. The lowest BCUT2D eigenvalue weighted by molar-refractivity contribution is -0.121. The molecule has 24 heavy (non-hydrogen) atoms. The highest BCUT2D eigenvalue weighted by Gasteiger charge is 2.47. The van der Waals surface area contributed by atoms with Crippen LogP contribution in [0.25, 0.3) is 6.08 Å². The molecule has 128 valence electrons. The molecular weight excluding hydrogens is 318 g/mol. The summed E-state index contributed by atoms with van der Waals surface area (Å²) in [6, 6.07) is 7.76. The Morgan fingerprint density at radius 3 is 2.71 bits per heavy atom. The summed E-state index contributed by atoms with van der Waals surface area (Å²) >= 11 is 6.28. The molecule has 0 N–H and O–H groups in total. The third kappa shape index (κ3) is 3.36. The highest BCUT2D eigenvalue weighted by molar-refractivity contribution is 6.32. The molecule has 0 bridgehead atoms. The molecule has 1 atom stereocenters. The van der Waals surface area contributed by atoms with Gasteiger partial charge in [-0.25, -0.2) is 0 Å². The molecule has 1 unspecified atom stereocenters. The molecule has 0 aromatic heterocycles. The van der Waals surface area contributed by atoms with Gasteiger partial charge in [0, 0.05) is 5.02 Å². The van der Waals surface area contributed by atoms with Gasteiger partial charge in [0.25, 0.3) is 0 Å². The molecule has 1 aromatic rings. The quantitative estimate of drug-likeness (QED) is 0.545. The summed E-state index contributed by atoms with van der Waals surface area (Å²) in [4.78, 5) is 15.6.